The Morgan fingerprint density at radius 3 is 1.27 bits per heavy atom. The number of aliphatic hydroxyl groups is 2. The SMILES string of the molecule is CC/C=C\C/C=C\C/C=C\C/C=C\C/C=C\C/C=C\C/C=C\CCCCCC(=O)NC(CO)C(O)/C=C/CC/C=C/CC/C=C/CCCCCCCCCC. The van der Waals surface area contributed by atoms with Crippen LogP contribution in [-0.2, 0) is 4.79 Å². The molecule has 4 nitrogen and oxygen atoms in total. The van der Waals surface area contributed by atoms with Gasteiger partial charge in [0.1, 0.15) is 0 Å². The summed E-state index contributed by atoms with van der Waals surface area (Å²) in [6, 6.07) is -0.672. The summed E-state index contributed by atoms with van der Waals surface area (Å²) in [7, 11) is 0. The zero-order valence-electron chi connectivity index (χ0n) is 35.4. The fraction of sp³-hybridized carbons (Fsp3) is 0.588. The van der Waals surface area contributed by atoms with Crippen LogP contribution in [0.5, 0.6) is 0 Å². The Morgan fingerprint density at radius 2 is 0.818 bits per heavy atom. The van der Waals surface area contributed by atoms with E-state index >= 15 is 0 Å². The maximum Gasteiger partial charge on any atom is 0.220 e. The molecule has 0 fully saturated rings. The fourth-order valence-electron chi connectivity index (χ4n) is 5.78. The summed E-state index contributed by atoms with van der Waals surface area (Å²) >= 11 is 0. The minimum Gasteiger partial charge on any atom is -0.394 e. The number of rotatable bonds is 38. The average molecular weight is 758 g/mol. The van der Waals surface area contributed by atoms with Crippen molar-refractivity contribution in [2.24, 2.45) is 0 Å². The molecule has 0 spiro atoms. The lowest BCUT2D eigenvalue weighted by atomic mass is 10.1. The highest BCUT2D eigenvalue weighted by molar-refractivity contribution is 5.76. The number of unbranched alkanes of at least 4 members (excludes halogenated alkanes) is 13. The molecule has 0 aliphatic rings. The number of carbonyl (C=O) groups is 1. The van der Waals surface area contributed by atoms with Crippen LogP contribution in [0.1, 0.15) is 174 Å². The molecular formula is C51H83NO3. The number of amides is 1. The third-order valence-corrected chi connectivity index (χ3v) is 9.16. The van der Waals surface area contributed by atoms with Gasteiger partial charge in [0.15, 0.2) is 0 Å². The fourth-order valence-corrected chi connectivity index (χ4v) is 5.78. The smallest absolute Gasteiger partial charge is 0.220 e. The highest BCUT2D eigenvalue weighted by Gasteiger charge is 2.17. The van der Waals surface area contributed by atoms with Crippen molar-refractivity contribution in [3.8, 4) is 0 Å². The Kier molecular flexibility index (Phi) is 42.5. The monoisotopic (exact) mass is 758 g/mol. The number of hydrogen-bond donors (Lipinski definition) is 3. The van der Waals surface area contributed by atoms with Crippen LogP contribution in [0.25, 0.3) is 0 Å². The van der Waals surface area contributed by atoms with E-state index in [-0.39, 0.29) is 12.5 Å². The van der Waals surface area contributed by atoms with Gasteiger partial charge in [0, 0.05) is 6.42 Å². The summed E-state index contributed by atoms with van der Waals surface area (Å²) in [6.45, 7) is 4.14. The molecule has 2 atom stereocenters. The summed E-state index contributed by atoms with van der Waals surface area (Å²) in [5, 5.41) is 23.0. The second-order valence-corrected chi connectivity index (χ2v) is 14.4. The molecule has 0 saturated carbocycles. The van der Waals surface area contributed by atoms with Gasteiger partial charge < -0.3 is 15.5 Å². The molecule has 0 aliphatic heterocycles. The summed E-state index contributed by atoms with van der Waals surface area (Å²) in [5.41, 5.74) is 0. The second-order valence-electron chi connectivity index (χ2n) is 14.4. The lowest BCUT2D eigenvalue weighted by molar-refractivity contribution is -0.123. The van der Waals surface area contributed by atoms with E-state index in [1.165, 1.54) is 57.8 Å². The number of carbonyl (C=O) groups excluding carboxylic acids is 1. The molecule has 0 aromatic carbocycles. The summed E-state index contributed by atoms with van der Waals surface area (Å²) < 4.78 is 0. The maximum absolute atomic E-state index is 12.4. The molecule has 0 aromatic heterocycles. The van der Waals surface area contributed by atoms with Gasteiger partial charge in [-0.1, -0.05) is 187 Å². The zero-order valence-corrected chi connectivity index (χ0v) is 35.4. The number of allylic oxidation sites excluding steroid dienone is 19. The van der Waals surface area contributed by atoms with Crippen LogP contribution in [0.2, 0.25) is 0 Å². The first kappa shape index (κ1) is 51.8. The van der Waals surface area contributed by atoms with Crippen molar-refractivity contribution in [2.45, 2.75) is 187 Å². The average Bonchev–Trinajstić information content (AvgIpc) is 3.19. The van der Waals surface area contributed by atoms with E-state index in [9.17, 15) is 15.0 Å². The van der Waals surface area contributed by atoms with E-state index in [4.69, 9.17) is 0 Å². The molecular weight excluding hydrogens is 675 g/mol. The standard InChI is InChI=1S/C51H83NO3/c1-3-5-7-9-11-13-15-17-19-21-23-24-25-26-27-28-29-31-33-35-37-39-41-43-45-47-51(55)52-49(48-53)50(54)46-44-42-40-38-36-34-32-30-22-20-18-16-14-12-10-8-6-4-2/h5,7,11,13,17,19,22-24,26-27,29-31,35-38,44,46,49-50,53-54H,3-4,6,8-10,12,14-16,18,20-21,25,28,32-34,39-43,45,47-48H2,1-2H3,(H,52,55)/b7-5-,13-11-,19-17-,24-23-,27-26-,30-22+,31-29-,37-35-,38-36+,46-44+. The molecule has 0 radical (unpaired) electrons. The van der Waals surface area contributed by atoms with Gasteiger partial charge in [-0.25, -0.2) is 0 Å². The van der Waals surface area contributed by atoms with Gasteiger partial charge in [-0.15, -0.1) is 0 Å². The van der Waals surface area contributed by atoms with Gasteiger partial charge in [-0.05, 0) is 103 Å². The van der Waals surface area contributed by atoms with E-state index in [2.05, 4.69) is 129 Å². The van der Waals surface area contributed by atoms with E-state index < -0.39 is 12.1 Å². The predicted octanol–water partition coefficient (Wildman–Crippen LogP) is 14.2. The minimum atomic E-state index is -0.893. The van der Waals surface area contributed by atoms with Gasteiger partial charge in [-0.3, -0.25) is 4.79 Å². The van der Waals surface area contributed by atoms with Gasteiger partial charge in [-0.2, -0.15) is 0 Å². The van der Waals surface area contributed by atoms with Gasteiger partial charge in [0.05, 0.1) is 18.8 Å². The third kappa shape index (κ3) is 41.8. The molecule has 55 heavy (non-hydrogen) atoms. The Balaban J connectivity index is 3.80. The Hall–Kier alpha value is -3.21. The van der Waals surface area contributed by atoms with Crippen molar-refractivity contribution >= 4 is 5.91 Å². The topological polar surface area (TPSA) is 69.6 Å². The number of aliphatic hydroxyl groups excluding tert-OH is 2. The maximum atomic E-state index is 12.4. The highest BCUT2D eigenvalue weighted by Crippen LogP contribution is 2.10. The van der Waals surface area contributed by atoms with Gasteiger partial charge in [0.2, 0.25) is 5.91 Å². The number of hydrogen-bond acceptors (Lipinski definition) is 3. The first-order chi connectivity index (χ1) is 27.2. The van der Waals surface area contributed by atoms with Gasteiger partial charge >= 0.3 is 0 Å². The Morgan fingerprint density at radius 1 is 0.455 bits per heavy atom. The van der Waals surface area contributed by atoms with Crippen molar-refractivity contribution < 1.29 is 15.0 Å². The summed E-state index contributed by atoms with van der Waals surface area (Å²) in [6.07, 6.45) is 70.1. The zero-order chi connectivity index (χ0) is 40.0. The van der Waals surface area contributed by atoms with Crippen LogP contribution in [-0.4, -0.2) is 34.9 Å². The van der Waals surface area contributed by atoms with E-state index in [1.807, 2.05) is 6.08 Å². The van der Waals surface area contributed by atoms with Crippen LogP contribution >= 0.6 is 0 Å². The molecule has 0 heterocycles. The van der Waals surface area contributed by atoms with E-state index in [0.717, 1.165) is 96.3 Å². The van der Waals surface area contributed by atoms with Gasteiger partial charge in [0.25, 0.3) is 0 Å². The van der Waals surface area contributed by atoms with Crippen molar-refractivity contribution in [3.63, 3.8) is 0 Å². The Labute approximate surface area is 339 Å². The molecule has 4 heteroatoms. The summed E-state index contributed by atoms with van der Waals surface area (Å²) in [5.74, 6) is -0.116. The molecule has 310 valence electrons. The largest absolute Gasteiger partial charge is 0.394 e. The molecule has 0 aromatic rings. The quantitative estimate of drug-likeness (QED) is 0.0434. The van der Waals surface area contributed by atoms with E-state index in [1.54, 1.807) is 6.08 Å². The Bertz CT molecular complexity index is 1130. The minimum absolute atomic E-state index is 0.116. The lowest BCUT2D eigenvalue weighted by Gasteiger charge is -2.19. The number of nitrogens with one attached hydrogen (secondary N) is 1. The molecule has 0 aliphatic carbocycles. The molecule has 0 rings (SSSR count). The van der Waals surface area contributed by atoms with E-state index in [0.29, 0.717) is 6.42 Å². The van der Waals surface area contributed by atoms with Crippen LogP contribution in [0.4, 0.5) is 0 Å². The van der Waals surface area contributed by atoms with Crippen molar-refractivity contribution in [1.82, 2.24) is 5.32 Å². The normalized spacial score (nSPS) is 14.2. The predicted molar refractivity (Wildman–Crippen MR) is 243 cm³/mol. The molecule has 0 saturated heterocycles. The van der Waals surface area contributed by atoms with Crippen LogP contribution in [0.15, 0.2) is 122 Å². The first-order valence-electron chi connectivity index (χ1n) is 22.2. The molecule has 2 unspecified atom stereocenters. The van der Waals surface area contributed by atoms with Crippen molar-refractivity contribution in [1.29, 1.82) is 0 Å². The van der Waals surface area contributed by atoms with Crippen LogP contribution in [0, 0.1) is 0 Å². The molecule has 3 N–H and O–H groups in total. The second kappa shape index (κ2) is 45.2. The van der Waals surface area contributed by atoms with Crippen molar-refractivity contribution in [2.75, 3.05) is 6.61 Å². The van der Waals surface area contributed by atoms with Crippen molar-refractivity contribution in [3.05, 3.63) is 122 Å². The van der Waals surface area contributed by atoms with Crippen LogP contribution in [0.3, 0.4) is 0 Å². The molecule has 1 amide bonds. The lowest BCUT2D eigenvalue weighted by Crippen LogP contribution is -2.45. The van der Waals surface area contributed by atoms with Crippen LogP contribution < -0.4 is 5.32 Å². The highest BCUT2D eigenvalue weighted by atomic mass is 16.3. The molecule has 0 bridgehead atoms. The first-order valence-corrected chi connectivity index (χ1v) is 22.2. The third-order valence-electron chi connectivity index (χ3n) is 9.16. The summed E-state index contributed by atoms with van der Waals surface area (Å²) in [4.78, 5) is 12.4.